The fourth-order valence-corrected chi connectivity index (χ4v) is 6.97. The molecule has 0 bridgehead atoms. The summed E-state index contributed by atoms with van der Waals surface area (Å²) < 4.78 is 108. The third-order valence-electron chi connectivity index (χ3n) is 6.94. The van der Waals surface area contributed by atoms with E-state index in [9.17, 15) is 48.8 Å². The third kappa shape index (κ3) is 7.43. The van der Waals surface area contributed by atoms with E-state index in [0.717, 1.165) is 24.3 Å². The van der Waals surface area contributed by atoms with Gasteiger partial charge < -0.3 is 20.1 Å². The zero-order valence-electron chi connectivity index (χ0n) is 25.0. The highest BCUT2D eigenvalue weighted by Gasteiger charge is 2.28. The molecule has 1 aliphatic heterocycles. The molecule has 1 saturated heterocycles. The highest BCUT2D eigenvalue weighted by atomic mass is 32.2. The number of hydrogen-bond donors (Lipinski definition) is 6. The molecule has 2 atom stereocenters. The molecule has 0 amide bonds. The largest absolute Gasteiger partial charge is 0.505 e. The molecule has 0 saturated carbocycles. The fourth-order valence-electron chi connectivity index (χ4n) is 5.06. The van der Waals surface area contributed by atoms with Crippen molar-refractivity contribution in [2.24, 2.45) is 10.2 Å². The van der Waals surface area contributed by atoms with E-state index in [1.807, 2.05) is 13.8 Å². The first kappa shape index (κ1) is 34.7. The van der Waals surface area contributed by atoms with Crippen LogP contribution >= 0.6 is 0 Å². The predicted octanol–water partition coefficient (Wildman–Crippen LogP) is 2.84. The number of fused-ring (bicyclic) bond motifs is 1. The van der Waals surface area contributed by atoms with Crippen molar-refractivity contribution in [3.05, 3.63) is 52.4 Å². The Balaban J connectivity index is 1.74. The Hall–Kier alpha value is -4.58. The summed E-state index contributed by atoms with van der Waals surface area (Å²) in [5.41, 5.74) is -2.23. The number of ether oxygens (including phenoxy) is 1. The molecule has 2 unspecified atom stereocenters. The van der Waals surface area contributed by atoms with Gasteiger partial charge in [0.05, 0.1) is 22.8 Å². The highest BCUT2D eigenvalue weighted by Crippen LogP contribution is 2.46. The Morgan fingerprint density at radius 3 is 2.15 bits per heavy atom. The van der Waals surface area contributed by atoms with Gasteiger partial charge in [0, 0.05) is 18.5 Å². The van der Waals surface area contributed by atoms with Crippen LogP contribution in [0.25, 0.3) is 10.8 Å². The maximum atomic E-state index is 12.5. The van der Waals surface area contributed by atoms with Crippen LogP contribution < -0.4 is 15.9 Å². The number of phenolic OH excluding ortho intramolecular Hbond substituents is 1. The lowest BCUT2D eigenvalue weighted by Crippen LogP contribution is -2.46. The van der Waals surface area contributed by atoms with Crippen LogP contribution in [0.3, 0.4) is 0 Å². The molecule has 0 aliphatic carbocycles. The smallest absolute Gasteiger partial charge is 0.351 e. The number of azo groups is 1. The highest BCUT2D eigenvalue weighted by molar-refractivity contribution is 7.86. The summed E-state index contributed by atoms with van der Waals surface area (Å²) in [7, 11) is -15.1. The van der Waals surface area contributed by atoms with Crippen molar-refractivity contribution in [3.63, 3.8) is 0 Å². The second-order valence-corrected chi connectivity index (χ2v) is 15.0. The number of aryl methyl sites for hydroxylation is 1. The first-order valence-electron chi connectivity index (χ1n) is 13.6. The standard InChI is InChI=1S/C26H27N7O12S3/c1-12-4-5-17(19(6-12)47(39,40)41)31-32-22-20(48(42,43)44)8-15-7-16(46(36,37)38)9-18(21(15)23(22)34)27-24-28-25(30-26(35)29-24)33-10-13(2)45-14(3)11-33/h4-9,13-14,34H,10-11H2,1-3H3,(H,36,37,38)(H,39,40,41)(H,42,43,44)(H2,27,28,29,30,35). The second kappa shape index (κ2) is 12.5. The van der Waals surface area contributed by atoms with Crippen molar-refractivity contribution in [3.8, 4) is 5.75 Å². The lowest BCUT2D eigenvalue weighted by atomic mass is 10.1. The molecule has 0 radical (unpaired) electrons. The van der Waals surface area contributed by atoms with Gasteiger partial charge in [0.2, 0.25) is 11.9 Å². The molecule has 1 aromatic heterocycles. The Labute approximate surface area is 272 Å². The van der Waals surface area contributed by atoms with E-state index in [2.05, 4.69) is 30.5 Å². The van der Waals surface area contributed by atoms with Gasteiger partial charge in [-0.05, 0) is 62.1 Å². The SMILES string of the molecule is Cc1ccc(N=Nc2c(S(=O)(=O)O)cc3cc(S(=O)(=O)O)cc(Nc4nc(N5CC(C)OC(C)C5)nc(=O)[nH]4)c3c2O)c(S(=O)(=O)O)c1. The van der Waals surface area contributed by atoms with Crippen LogP contribution in [0.4, 0.5) is 29.0 Å². The average molecular weight is 726 g/mol. The van der Waals surface area contributed by atoms with Crippen LogP contribution in [0.1, 0.15) is 19.4 Å². The molecular weight excluding hydrogens is 699 g/mol. The van der Waals surface area contributed by atoms with Gasteiger partial charge in [-0.25, -0.2) is 4.79 Å². The average Bonchev–Trinajstić information content (AvgIpc) is 2.94. The maximum absolute atomic E-state index is 12.5. The molecule has 6 N–H and O–H groups in total. The minimum atomic E-state index is -5.25. The monoisotopic (exact) mass is 725 g/mol. The number of anilines is 3. The number of phenols is 1. The number of morpholine rings is 1. The van der Waals surface area contributed by atoms with E-state index in [-0.39, 0.29) is 40.6 Å². The number of rotatable bonds is 8. The molecule has 256 valence electrons. The number of aromatic hydroxyl groups is 1. The summed E-state index contributed by atoms with van der Waals surface area (Å²) >= 11 is 0. The van der Waals surface area contributed by atoms with E-state index in [0.29, 0.717) is 24.7 Å². The van der Waals surface area contributed by atoms with Crippen LogP contribution in [0.15, 0.2) is 66.1 Å². The Morgan fingerprint density at radius 2 is 1.54 bits per heavy atom. The molecule has 5 rings (SSSR count). The van der Waals surface area contributed by atoms with E-state index >= 15 is 0 Å². The molecule has 1 fully saturated rings. The summed E-state index contributed by atoms with van der Waals surface area (Å²) in [5, 5.41) is 20.7. The van der Waals surface area contributed by atoms with Gasteiger partial charge >= 0.3 is 5.69 Å². The van der Waals surface area contributed by atoms with Gasteiger partial charge in [-0.15, -0.1) is 10.2 Å². The Morgan fingerprint density at radius 1 is 0.896 bits per heavy atom. The fraction of sp³-hybridized carbons (Fsp3) is 0.269. The molecule has 2 heterocycles. The molecule has 19 nitrogen and oxygen atoms in total. The molecule has 22 heteroatoms. The number of H-pyrrole nitrogens is 1. The number of aromatic nitrogens is 3. The molecule has 48 heavy (non-hydrogen) atoms. The Bertz CT molecular complexity index is 2370. The third-order valence-corrected chi connectivity index (χ3v) is 9.53. The van der Waals surface area contributed by atoms with E-state index in [4.69, 9.17) is 4.74 Å². The van der Waals surface area contributed by atoms with E-state index in [1.54, 1.807) is 4.90 Å². The first-order valence-corrected chi connectivity index (χ1v) is 18.0. The molecule has 1 aliphatic rings. The summed E-state index contributed by atoms with van der Waals surface area (Å²) in [6.07, 6.45) is -0.475. The van der Waals surface area contributed by atoms with Gasteiger partial charge in [-0.1, -0.05) is 6.07 Å². The summed E-state index contributed by atoms with van der Waals surface area (Å²) in [6.45, 7) is 5.78. The van der Waals surface area contributed by atoms with Crippen LogP contribution in [0, 0.1) is 6.92 Å². The number of benzene rings is 3. The number of aromatic amines is 1. The molecule has 0 spiro atoms. The number of nitrogens with zero attached hydrogens (tertiary/aromatic N) is 5. The van der Waals surface area contributed by atoms with Crippen molar-refractivity contribution in [2.75, 3.05) is 23.3 Å². The zero-order valence-corrected chi connectivity index (χ0v) is 27.5. The minimum absolute atomic E-state index is 0.0291. The number of nitrogens with one attached hydrogen (secondary N) is 2. The topological polar surface area (TPSA) is 291 Å². The van der Waals surface area contributed by atoms with Crippen molar-refractivity contribution < 1.29 is 48.8 Å². The van der Waals surface area contributed by atoms with Crippen LogP contribution in [0.2, 0.25) is 0 Å². The second-order valence-electron chi connectivity index (χ2n) is 10.8. The van der Waals surface area contributed by atoms with Gasteiger partial charge in [-0.2, -0.15) is 35.2 Å². The van der Waals surface area contributed by atoms with Gasteiger partial charge in [0.1, 0.15) is 21.2 Å². The van der Waals surface area contributed by atoms with Crippen molar-refractivity contribution >= 4 is 70.1 Å². The van der Waals surface area contributed by atoms with Crippen molar-refractivity contribution in [1.29, 1.82) is 0 Å². The van der Waals surface area contributed by atoms with Gasteiger partial charge in [0.25, 0.3) is 30.4 Å². The van der Waals surface area contributed by atoms with Crippen molar-refractivity contribution in [1.82, 2.24) is 15.0 Å². The van der Waals surface area contributed by atoms with Crippen LogP contribution in [-0.2, 0) is 35.1 Å². The first-order chi connectivity index (χ1) is 22.2. The zero-order chi connectivity index (χ0) is 35.3. The van der Waals surface area contributed by atoms with E-state index < -0.39 is 67.9 Å². The normalized spacial score (nSPS) is 17.7. The number of hydrogen-bond acceptors (Lipinski definition) is 15. The summed E-state index contributed by atoms with van der Waals surface area (Å²) in [6, 6.07) is 5.93. The maximum Gasteiger partial charge on any atom is 0.351 e. The molecular formula is C26H27N7O12S3. The summed E-state index contributed by atoms with van der Waals surface area (Å²) in [5.74, 6) is -1.37. The molecule has 4 aromatic rings. The van der Waals surface area contributed by atoms with E-state index in [1.165, 1.54) is 13.0 Å². The lowest BCUT2D eigenvalue weighted by molar-refractivity contribution is -0.00574. The predicted molar refractivity (Wildman–Crippen MR) is 169 cm³/mol. The lowest BCUT2D eigenvalue weighted by Gasteiger charge is -2.35. The summed E-state index contributed by atoms with van der Waals surface area (Å²) in [4.78, 5) is 22.1. The molecule has 3 aromatic carbocycles. The minimum Gasteiger partial charge on any atom is -0.505 e. The van der Waals surface area contributed by atoms with Gasteiger partial charge in [0.15, 0.2) is 5.75 Å². The Kier molecular flexibility index (Phi) is 9.02. The van der Waals surface area contributed by atoms with Crippen LogP contribution in [0.5, 0.6) is 5.75 Å². The van der Waals surface area contributed by atoms with Crippen molar-refractivity contribution in [2.45, 2.75) is 47.7 Å². The van der Waals surface area contributed by atoms with Crippen LogP contribution in [-0.4, -0.2) is 84.3 Å². The quantitative estimate of drug-likeness (QED) is 0.112. The van der Waals surface area contributed by atoms with Gasteiger partial charge in [-0.3, -0.25) is 18.6 Å².